The predicted molar refractivity (Wildman–Crippen MR) is 192 cm³/mol. The number of benzene rings is 7. The summed E-state index contributed by atoms with van der Waals surface area (Å²) in [5.74, 6) is 0. The lowest BCUT2D eigenvalue weighted by molar-refractivity contribution is 1.37. The van der Waals surface area contributed by atoms with Crippen LogP contribution >= 0.6 is 55.1 Å². The molecule has 0 aliphatic heterocycles. The summed E-state index contributed by atoms with van der Waals surface area (Å²) in [7, 11) is 0. The Hall–Kier alpha value is -2.88. The molecule has 7 aromatic rings. The van der Waals surface area contributed by atoms with Crippen LogP contribution in [0.25, 0.3) is 65.3 Å². The lowest BCUT2D eigenvalue weighted by Crippen LogP contribution is -1.89. The average Bonchev–Trinajstić information content (AvgIpc) is 2.93. The van der Waals surface area contributed by atoms with Crippen molar-refractivity contribution in [2.45, 2.75) is 27.7 Å². The molecule has 0 bridgehead atoms. The molecular formula is C38H26Br2Cl2. The van der Waals surface area contributed by atoms with Crippen molar-refractivity contribution < 1.29 is 0 Å². The first-order chi connectivity index (χ1) is 20.0. The van der Waals surface area contributed by atoms with E-state index in [2.05, 4.69) is 132 Å². The van der Waals surface area contributed by atoms with Crippen molar-refractivity contribution in [1.29, 1.82) is 0 Å². The minimum absolute atomic E-state index is 0.651. The van der Waals surface area contributed by atoms with Gasteiger partial charge in [-0.2, -0.15) is 0 Å². The van der Waals surface area contributed by atoms with Gasteiger partial charge in [0, 0.05) is 30.1 Å². The van der Waals surface area contributed by atoms with Crippen LogP contribution in [0.15, 0.2) is 93.9 Å². The fourth-order valence-corrected chi connectivity index (χ4v) is 7.66. The highest BCUT2D eigenvalue weighted by Crippen LogP contribution is 2.44. The van der Waals surface area contributed by atoms with Crippen molar-refractivity contribution in [1.82, 2.24) is 0 Å². The van der Waals surface area contributed by atoms with E-state index in [-0.39, 0.29) is 0 Å². The van der Waals surface area contributed by atoms with Crippen molar-refractivity contribution in [2.24, 2.45) is 0 Å². The van der Waals surface area contributed by atoms with Gasteiger partial charge >= 0.3 is 0 Å². The van der Waals surface area contributed by atoms with Gasteiger partial charge in [0.1, 0.15) is 0 Å². The monoisotopic (exact) mass is 710 g/mol. The molecule has 0 aromatic heterocycles. The van der Waals surface area contributed by atoms with Crippen molar-refractivity contribution in [2.75, 3.05) is 0 Å². The van der Waals surface area contributed by atoms with E-state index in [1.807, 2.05) is 12.1 Å². The Morgan fingerprint density at radius 1 is 0.333 bits per heavy atom. The highest BCUT2D eigenvalue weighted by atomic mass is 79.9. The number of fused-ring (bicyclic) bond motifs is 4. The minimum atomic E-state index is 0.651. The summed E-state index contributed by atoms with van der Waals surface area (Å²) in [6.07, 6.45) is 0. The van der Waals surface area contributed by atoms with Gasteiger partial charge in [0.15, 0.2) is 0 Å². The number of aryl methyl sites for hydroxylation is 4. The van der Waals surface area contributed by atoms with Gasteiger partial charge in [-0.3, -0.25) is 0 Å². The van der Waals surface area contributed by atoms with Gasteiger partial charge in [-0.1, -0.05) is 79.3 Å². The molecule has 0 unspecified atom stereocenters. The summed E-state index contributed by atoms with van der Waals surface area (Å²) in [6, 6.07) is 30.8. The normalized spacial score (nSPS) is 11.8. The van der Waals surface area contributed by atoms with Crippen LogP contribution in [0.5, 0.6) is 0 Å². The zero-order valence-corrected chi connectivity index (χ0v) is 28.3. The van der Waals surface area contributed by atoms with Crippen LogP contribution in [-0.2, 0) is 0 Å². The second-order valence-corrected chi connectivity index (χ2v) is 14.0. The van der Waals surface area contributed by atoms with Crippen LogP contribution in [0.1, 0.15) is 22.3 Å². The zero-order chi connectivity index (χ0) is 29.4. The molecule has 0 spiro atoms. The summed E-state index contributed by atoms with van der Waals surface area (Å²) in [5, 5.41) is 10.9. The molecular weight excluding hydrogens is 687 g/mol. The number of hydrogen-bond acceptors (Lipinski definition) is 0. The first-order valence-electron chi connectivity index (χ1n) is 13.8. The van der Waals surface area contributed by atoms with Crippen molar-refractivity contribution >= 4 is 98.2 Å². The molecule has 0 heterocycles. The molecule has 42 heavy (non-hydrogen) atoms. The Morgan fingerprint density at radius 2 is 0.595 bits per heavy atom. The van der Waals surface area contributed by atoms with Crippen molar-refractivity contribution in [3.8, 4) is 22.3 Å². The Morgan fingerprint density at radius 3 is 0.905 bits per heavy atom. The van der Waals surface area contributed by atoms with Gasteiger partial charge < -0.3 is 0 Å². The van der Waals surface area contributed by atoms with Gasteiger partial charge in [-0.25, -0.2) is 0 Å². The largest absolute Gasteiger partial charge is 0.0836 e. The maximum absolute atomic E-state index is 7.03. The molecule has 0 saturated heterocycles. The van der Waals surface area contributed by atoms with E-state index in [0.29, 0.717) is 10.0 Å². The summed E-state index contributed by atoms with van der Waals surface area (Å²) in [4.78, 5) is 0. The van der Waals surface area contributed by atoms with E-state index in [1.165, 1.54) is 54.6 Å². The second kappa shape index (κ2) is 10.4. The Bertz CT molecular complexity index is 2120. The first-order valence-corrected chi connectivity index (χ1v) is 16.2. The van der Waals surface area contributed by atoms with Crippen LogP contribution in [-0.4, -0.2) is 0 Å². The van der Waals surface area contributed by atoms with E-state index >= 15 is 0 Å². The molecule has 0 amide bonds. The Balaban J connectivity index is 1.35. The van der Waals surface area contributed by atoms with Crippen LogP contribution in [0, 0.1) is 27.7 Å². The van der Waals surface area contributed by atoms with Gasteiger partial charge in [-0.05, 0) is 165 Å². The maximum atomic E-state index is 7.03. The van der Waals surface area contributed by atoms with Crippen molar-refractivity contribution in [3.05, 3.63) is 126 Å². The van der Waals surface area contributed by atoms with E-state index in [0.717, 1.165) is 42.0 Å². The quantitative estimate of drug-likeness (QED) is 0.157. The molecule has 7 aromatic carbocycles. The predicted octanol–water partition coefficient (Wildman–Crippen LogP) is 13.7. The summed E-state index contributed by atoms with van der Waals surface area (Å²) >= 11 is 21.7. The molecule has 0 N–H and O–H groups in total. The summed E-state index contributed by atoms with van der Waals surface area (Å²) < 4.78 is 1.96. The third kappa shape index (κ3) is 4.74. The summed E-state index contributed by atoms with van der Waals surface area (Å²) in [6.45, 7) is 8.64. The zero-order valence-electron chi connectivity index (χ0n) is 23.6. The van der Waals surface area contributed by atoms with E-state index < -0.39 is 0 Å². The lowest BCUT2D eigenvalue weighted by Gasteiger charge is -2.15. The molecule has 0 aliphatic carbocycles. The van der Waals surface area contributed by atoms with Crippen LogP contribution < -0.4 is 0 Å². The van der Waals surface area contributed by atoms with Gasteiger partial charge in [0.25, 0.3) is 0 Å². The molecule has 0 radical (unpaired) electrons. The molecule has 0 fully saturated rings. The summed E-state index contributed by atoms with van der Waals surface area (Å²) in [5.41, 5.74) is 9.01. The highest BCUT2D eigenvalue weighted by molar-refractivity contribution is 9.11. The molecule has 7 rings (SSSR count). The first kappa shape index (κ1) is 27.9. The maximum Gasteiger partial charge on any atom is 0.0492 e. The van der Waals surface area contributed by atoms with Crippen LogP contribution in [0.4, 0.5) is 0 Å². The number of halogens is 4. The Kier molecular flexibility index (Phi) is 6.90. The molecule has 206 valence electrons. The van der Waals surface area contributed by atoms with Gasteiger partial charge in [0.2, 0.25) is 0 Å². The topological polar surface area (TPSA) is 0 Å². The van der Waals surface area contributed by atoms with E-state index in [4.69, 9.17) is 23.2 Å². The molecule has 0 nitrogen and oxygen atoms in total. The number of rotatable bonds is 2. The Labute approximate surface area is 272 Å². The number of hydrogen-bond donors (Lipinski definition) is 0. The van der Waals surface area contributed by atoms with Crippen molar-refractivity contribution in [3.63, 3.8) is 0 Å². The third-order valence-corrected chi connectivity index (χ3v) is 10.6. The SMILES string of the molecule is Cc1cc2cc3cc(Br)c(-c4cc(Cl)c(-c5cc6cc7cc(C)c(C)cc7cc6cc5Br)cc4Cl)cc3cc2cc1C. The molecule has 0 saturated carbocycles. The van der Waals surface area contributed by atoms with E-state index in [9.17, 15) is 0 Å². The molecule has 4 heteroatoms. The highest BCUT2D eigenvalue weighted by Gasteiger charge is 2.17. The van der Waals surface area contributed by atoms with E-state index in [1.54, 1.807) is 0 Å². The molecule has 0 atom stereocenters. The standard InChI is InChI=1S/C38H26Br2Cl2/c1-19-5-23-9-27-13-31(35(39)15-29(27)11-25(23)7-21(19)3)33-17-38(42)34(18-37(33)41)32-14-28-10-24-6-20(2)22(4)8-26(24)12-30(28)16-36(32)40/h5-18H,1-4H3. The minimum Gasteiger partial charge on any atom is -0.0836 e. The third-order valence-electron chi connectivity index (χ3n) is 8.63. The van der Waals surface area contributed by atoms with Crippen LogP contribution in [0.3, 0.4) is 0 Å². The fraction of sp³-hybridized carbons (Fsp3) is 0.105. The molecule has 0 aliphatic rings. The average molecular weight is 713 g/mol. The fourth-order valence-electron chi connectivity index (χ4n) is 5.98. The lowest BCUT2D eigenvalue weighted by atomic mass is 9.94. The smallest absolute Gasteiger partial charge is 0.0492 e. The second-order valence-electron chi connectivity index (χ2n) is 11.4. The van der Waals surface area contributed by atoms with Gasteiger partial charge in [0.05, 0.1) is 0 Å². The van der Waals surface area contributed by atoms with Crippen LogP contribution in [0.2, 0.25) is 10.0 Å². The van der Waals surface area contributed by atoms with Gasteiger partial charge in [-0.15, -0.1) is 0 Å².